The van der Waals surface area contributed by atoms with E-state index in [0.29, 0.717) is 6.42 Å². The summed E-state index contributed by atoms with van der Waals surface area (Å²) in [6, 6.07) is 4.59. The third kappa shape index (κ3) is 2.62. The Morgan fingerprint density at radius 2 is 2.21 bits per heavy atom. The molecule has 14 heavy (non-hydrogen) atoms. The summed E-state index contributed by atoms with van der Waals surface area (Å²) in [5.74, 6) is -0.812. The quantitative estimate of drug-likeness (QED) is 0.845. The molecule has 0 fully saturated rings. The van der Waals surface area contributed by atoms with Crippen LogP contribution in [0.25, 0.3) is 0 Å². The number of rotatable bonds is 4. The van der Waals surface area contributed by atoms with Crippen molar-refractivity contribution >= 4 is 21.7 Å². The second-order valence-corrected chi connectivity index (χ2v) is 3.71. The smallest absolute Gasteiger partial charge is 0.165 e. The highest BCUT2D eigenvalue weighted by molar-refractivity contribution is 9.10. The average Bonchev–Trinajstić information content (AvgIpc) is 2.18. The fourth-order valence-electron chi connectivity index (χ4n) is 1.09. The minimum Gasteiger partial charge on any atom is -0.396 e. The van der Waals surface area contributed by atoms with E-state index in [4.69, 9.17) is 5.11 Å². The third-order valence-corrected chi connectivity index (χ3v) is 2.43. The second-order valence-electron chi connectivity index (χ2n) is 2.85. The average molecular weight is 261 g/mol. The Bertz CT molecular complexity index is 339. The van der Waals surface area contributed by atoms with Crippen LogP contribution in [-0.4, -0.2) is 17.5 Å². The van der Waals surface area contributed by atoms with E-state index in [2.05, 4.69) is 15.9 Å². The summed E-state index contributed by atoms with van der Waals surface area (Å²) >= 11 is 3.01. The van der Waals surface area contributed by atoms with Crippen molar-refractivity contribution in [1.29, 1.82) is 0 Å². The Kier molecular flexibility index (Phi) is 4.22. The molecule has 0 bridgehead atoms. The summed E-state index contributed by atoms with van der Waals surface area (Å²) in [4.78, 5) is 11.4. The fourth-order valence-corrected chi connectivity index (χ4v) is 1.46. The number of aliphatic hydroxyl groups excluding tert-OH is 1. The van der Waals surface area contributed by atoms with Gasteiger partial charge in [-0.2, -0.15) is 0 Å². The molecule has 0 saturated carbocycles. The molecule has 0 atom stereocenters. The molecule has 76 valence electrons. The first-order valence-corrected chi connectivity index (χ1v) is 5.04. The van der Waals surface area contributed by atoms with Gasteiger partial charge < -0.3 is 5.11 Å². The third-order valence-electron chi connectivity index (χ3n) is 1.81. The van der Waals surface area contributed by atoms with Crippen molar-refractivity contribution < 1.29 is 14.3 Å². The lowest BCUT2D eigenvalue weighted by atomic mass is 10.1. The number of hydrogen-bond acceptors (Lipinski definition) is 2. The van der Waals surface area contributed by atoms with Crippen molar-refractivity contribution in [2.24, 2.45) is 0 Å². The van der Waals surface area contributed by atoms with Crippen LogP contribution in [-0.2, 0) is 0 Å². The molecule has 0 amide bonds. The molecule has 1 N–H and O–H groups in total. The predicted molar refractivity (Wildman–Crippen MR) is 54.8 cm³/mol. The molecule has 1 rings (SSSR count). The Hall–Kier alpha value is -0.740. The van der Waals surface area contributed by atoms with Gasteiger partial charge in [0.1, 0.15) is 5.82 Å². The van der Waals surface area contributed by atoms with Crippen LogP contribution in [0.3, 0.4) is 0 Å². The van der Waals surface area contributed by atoms with Gasteiger partial charge in [0.05, 0.1) is 10.0 Å². The van der Waals surface area contributed by atoms with Gasteiger partial charge in [0, 0.05) is 13.0 Å². The molecule has 0 spiro atoms. The largest absolute Gasteiger partial charge is 0.396 e. The molecule has 1 aromatic rings. The van der Waals surface area contributed by atoms with Crippen LogP contribution >= 0.6 is 15.9 Å². The molecule has 2 nitrogen and oxygen atoms in total. The van der Waals surface area contributed by atoms with Crippen LogP contribution in [0, 0.1) is 5.82 Å². The molecule has 0 heterocycles. The number of aliphatic hydroxyl groups is 1. The number of carbonyl (C=O) groups is 1. The van der Waals surface area contributed by atoms with E-state index in [9.17, 15) is 9.18 Å². The lowest BCUT2D eigenvalue weighted by Crippen LogP contribution is -2.03. The van der Waals surface area contributed by atoms with Gasteiger partial charge in [-0.3, -0.25) is 4.79 Å². The highest BCUT2D eigenvalue weighted by Gasteiger charge is 2.12. The molecule has 0 aliphatic rings. The number of hydrogen-bond donors (Lipinski definition) is 1. The van der Waals surface area contributed by atoms with Crippen LogP contribution in [0.15, 0.2) is 22.7 Å². The van der Waals surface area contributed by atoms with Gasteiger partial charge in [-0.15, -0.1) is 0 Å². The number of carbonyl (C=O) groups excluding carboxylic acids is 1. The van der Waals surface area contributed by atoms with E-state index < -0.39 is 5.82 Å². The minimum atomic E-state index is -0.532. The van der Waals surface area contributed by atoms with Crippen molar-refractivity contribution in [3.8, 4) is 0 Å². The summed E-state index contributed by atoms with van der Waals surface area (Å²) in [6.45, 7) is -0.0542. The van der Waals surface area contributed by atoms with Gasteiger partial charge in [-0.1, -0.05) is 6.07 Å². The second kappa shape index (κ2) is 5.22. The van der Waals surface area contributed by atoms with Crippen LogP contribution < -0.4 is 0 Å². The van der Waals surface area contributed by atoms with E-state index in [0.717, 1.165) is 0 Å². The van der Waals surface area contributed by atoms with Crippen molar-refractivity contribution in [2.45, 2.75) is 12.8 Å². The fraction of sp³-hybridized carbons (Fsp3) is 0.300. The Labute approximate surface area is 89.9 Å². The highest BCUT2D eigenvalue weighted by atomic mass is 79.9. The SMILES string of the molecule is O=C(CCCO)c1cccc(Br)c1F. The van der Waals surface area contributed by atoms with Crippen molar-refractivity contribution in [2.75, 3.05) is 6.61 Å². The zero-order valence-corrected chi connectivity index (χ0v) is 9.05. The Morgan fingerprint density at radius 1 is 1.50 bits per heavy atom. The predicted octanol–water partition coefficient (Wildman–Crippen LogP) is 2.54. The lowest BCUT2D eigenvalue weighted by molar-refractivity contribution is 0.0967. The first kappa shape index (κ1) is 11.3. The molecule has 1 aromatic carbocycles. The topological polar surface area (TPSA) is 37.3 Å². The van der Waals surface area contributed by atoms with Gasteiger partial charge in [-0.25, -0.2) is 4.39 Å². The zero-order chi connectivity index (χ0) is 10.6. The first-order chi connectivity index (χ1) is 6.66. The molecule has 4 heteroatoms. The van der Waals surface area contributed by atoms with Gasteiger partial charge in [-0.05, 0) is 34.5 Å². The zero-order valence-electron chi connectivity index (χ0n) is 7.46. The van der Waals surface area contributed by atoms with Gasteiger partial charge in [0.15, 0.2) is 5.78 Å². The molecule has 0 radical (unpaired) electrons. The number of ketones is 1. The summed E-state index contributed by atoms with van der Waals surface area (Å²) in [5, 5.41) is 8.53. The molecule has 0 aromatic heterocycles. The number of halogens is 2. The van der Waals surface area contributed by atoms with Crippen LogP contribution in [0.4, 0.5) is 4.39 Å². The highest BCUT2D eigenvalue weighted by Crippen LogP contribution is 2.19. The molecular weight excluding hydrogens is 251 g/mol. The molecule has 0 aliphatic heterocycles. The summed E-state index contributed by atoms with van der Waals surface area (Å²) in [6.07, 6.45) is 0.536. The van der Waals surface area contributed by atoms with Crippen molar-refractivity contribution in [1.82, 2.24) is 0 Å². The molecule has 0 saturated heterocycles. The van der Waals surface area contributed by atoms with Crippen LogP contribution in [0.1, 0.15) is 23.2 Å². The number of Topliss-reactive ketones (excluding diaryl/α,β-unsaturated/α-hetero) is 1. The van der Waals surface area contributed by atoms with Gasteiger partial charge in [0.2, 0.25) is 0 Å². The standard InChI is InChI=1S/C10H10BrFO2/c11-8-4-1-3-7(10(8)12)9(14)5-2-6-13/h1,3-4,13H,2,5-6H2. The normalized spacial score (nSPS) is 10.2. The summed E-state index contributed by atoms with van der Waals surface area (Å²) in [7, 11) is 0. The van der Waals surface area contributed by atoms with Gasteiger partial charge >= 0.3 is 0 Å². The molecular formula is C10H10BrFO2. The minimum absolute atomic E-state index is 0.0542. The van der Waals surface area contributed by atoms with Crippen LogP contribution in [0.5, 0.6) is 0 Å². The maximum Gasteiger partial charge on any atom is 0.165 e. The number of benzene rings is 1. The van der Waals surface area contributed by atoms with Crippen molar-refractivity contribution in [3.05, 3.63) is 34.1 Å². The van der Waals surface area contributed by atoms with E-state index in [1.54, 1.807) is 6.07 Å². The van der Waals surface area contributed by atoms with E-state index >= 15 is 0 Å². The summed E-state index contributed by atoms with van der Waals surface area (Å²) < 4.78 is 13.6. The van der Waals surface area contributed by atoms with E-state index in [1.807, 2.05) is 0 Å². The van der Waals surface area contributed by atoms with E-state index in [1.165, 1.54) is 12.1 Å². The van der Waals surface area contributed by atoms with Crippen molar-refractivity contribution in [3.63, 3.8) is 0 Å². The maximum absolute atomic E-state index is 13.3. The Morgan fingerprint density at radius 3 is 2.86 bits per heavy atom. The maximum atomic E-state index is 13.3. The summed E-state index contributed by atoms with van der Waals surface area (Å²) in [5.41, 5.74) is 0.0767. The van der Waals surface area contributed by atoms with Crippen LogP contribution in [0.2, 0.25) is 0 Å². The monoisotopic (exact) mass is 260 g/mol. The Balaban J connectivity index is 2.84. The molecule has 0 aliphatic carbocycles. The van der Waals surface area contributed by atoms with Gasteiger partial charge in [0.25, 0.3) is 0 Å². The lowest BCUT2D eigenvalue weighted by Gasteiger charge is -2.02. The molecule has 0 unspecified atom stereocenters. The van der Waals surface area contributed by atoms with E-state index in [-0.39, 0.29) is 28.8 Å². The first-order valence-electron chi connectivity index (χ1n) is 4.25.